The van der Waals surface area contributed by atoms with Gasteiger partial charge in [0.05, 0.1) is 5.92 Å². The molecule has 2 aromatic rings. The van der Waals surface area contributed by atoms with Crippen molar-refractivity contribution in [3.63, 3.8) is 0 Å². The highest BCUT2D eigenvalue weighted by atomic mass is 19.1. The molecule has 2 nitrogen and oxygen atoms in total. The predicted molar refractivity (Wildman–Crippen MR) is 76.2 cm³/mol. The lowest BCUT2D eigenvalue weighted by molar-refractivity contribution is -0.139. The van der Waals surface area contributed by atoms with Crippen molar-refractivity contribution in [2.24, 2.45) is 0 Å². The molecule has 0 amide bonds. The van der Waals surface area contributed by atoms with Gasteiger partial charge in [0.1, 0.15) is 5.82 Å². The standard InChI is InChI=1S/C17H17FO2/c18-16-12-5-4-10-14(16)15(17(19)20)11-6-9-13-7-2-1-3-8-13/h1-5,7-8,10,12,15H,6,9,11H2,(H,19,20). The number of aliphatic carboxylic acids is 1. The fourth-order valence-corrected chi connectivity index (χ4v) is 2.32. The van der Waals surface area contributed by atoms with Crippen LogP contribution in [0.15, 0.2) is 54.6 Å². The molecule has 1 N–H and O–H groups in total. The second-order valence-corrected chi connectivity index (χ2v) is 4.79. The van der Waals surface area contributed by atoms with Crippen LogP contribution in [0.3, 0.4) is 0 Å². The van der Waals surface area contributed by atoms with E-state index in [0.29, 0.717) is 6.42 Å². The Balaban J connectivity index is 2.01. The molecule has 0 aromatic heterocycles. The van der Waals surface area contributed by atoms with Crippen LogP contribution < -0.4 is 0 Å². The molecule has 0 radical (unpaired) electrons. The topological polar surface area (TPSA) is 37.3 Å². The molecular formula is C17H17FO2. The van der Waals surface area contributed by atoms with Crippen molar-refractivity contribution in [2.45, 2.75) is 25.2 Å². The molecule has 1 unspecified atom stereocenters. The number of carboxylic acid groups (broad SMARTS) is 1. The van der Waals surface area contributed by atoms with Gasteiger partial charge in [0.2, 0.25) is 0 Å². The molecule has 0 aliphatic carbocycles. The Labute approximate surface area is 117 Å². The molecule has 0 aliphatic rings. The Morgan fingerprint density at radius 3 is 2.35 bits per heavy atom. The summed E-state index contributed by atoms with van der Waals surface area (Å²) in [5, 5.41) is 9.28. The van der Waals surface area contributed by atoms with Crippen LogP contribution in [0.5, 0.6) is 0 Å². The minimum atomic E-state index is -0.969. The molecule has 1 atom stereocenters. The Morgan fingerprint density at radius 1 is 1.05 bits per heavy atom. The van der Waals surface area contributed by atoms with Gasteiger partial charge in [-0.05, 0) is 30.9 Å². The number of benzene rings is 2. The van der Waals surface area contributed by atoms with Gasteiger partial charge >= 0.3 is 5.97 Å². The van der Waals surface area contributed by atoms with E-state index in [2.05, 4.69) is 0 Å². The van der Waals surface area contributed by atoms with Gasteiger partial charge in [-0.1, -0.05) is 48.5 Å². The first kappa shape index (κ1) is 14.3. The highest BCUT2D eigenvalue weighted by Gasteiger charge is 2.22. The third-order valence-electron chi connectivity index (χ3n) is 3.38. The van der Waals surface area contributed by atoms with Crippen molar-refractivity contribution < 1.29 is 14.3 Å². The molecule has 0 saturated heterocycles. The second kappa shape index (κ2) is 6.85. The van der Waals surface area contributed by atoms with Crippen LogP contribution >= 0.6 is 0 Å². The van der Waals surface area contributed by atoms with Gasteiger partial charge in [-0.15, -0.1) is 0 Å². The summed E-state index contributed by atoms with van der Waals surface area (Å²) in [6, 6.07) is 16.0. The van der Waals surface area contributed by atoms with E-state index in [0.717, 1.165) is 12.8 Å². The number of hydrogen-bond donors (Lipinski definition) is 1. The Kier molecular flexibility index (Phi) is 4.88. The van der Waals surface area contributed by atoms with Crippen molar-refractivity contribution in [3.8, 4) is 0 Å². The fourth-order valence-electron chi connectivity index (χ4n) is 2.32. The third kappa shape index (κ3) is 3.67. The number of carbonyl (C=O) groups is 1. The monoisotopic (exact) mass is 272 g/mol. The third-order valence-corrected chi connectivity index (χ3v) is 3.38. The van der Waals surface area contributed by atoms with Gasteiger partial charge in [-0.2, -0.15) is 0 Å². The van der Waals surface area contributed by atoms with Gasteiger partial charge in [0.25, 0.3) is 0 Å². The molecule has 2 rings (SSSR count). The molecular weight excluding hydrogens is 255 g/mol. The average molecular weight is 272 g/mol. The summed E-state index contributed by atoms with van der Waals surface area (Å²) in [4.78, 5) is 11.3. The first-order valence-corrected chi connectivity index (χ1v) is 6.69. The van der Waals surface area contributed by atoms with Crippen LogP contribution in [0, 0.1) is 5.82 Å². The van der Waals surface area contributed by atoms with E-state index in [1.54, 1.807) is 18.2 Å². The first-order chi connectivity index (χ1) is 9.68. The highest BCUT2D eigenvalue weighted by Crippen LogP contribution is 2.25. The summed E-state index contributed by atoms with van der Waals surface area (Å²) >= 11 is 0. The average Bonchev–Trinajstić information content (AvgIpc) is 2.45. The summed E-state index contributed by atoms with van der Waals surface area (Å²) in [6.07, 6.45) is 1.96. The lowest BCUT2D eigenvalue weighted by Gasteiger charge is -2.13. The summed E-state index contributed by atoms with van der Waals surface area (Å²) in [7, 11) is 0. The van der Waals surface area contributed by atoms with Gasteiger partial charge < -0.3 is 5.11 Å². The minimum Gasteiger partial charge on any atom is -0.481 e. The lowest BCUT2D eigenvalue weighted by Crippen LogP contribution is -2.13. The van der Waals surface area contributed by atoms with Crippen molar-refractivity contribution in [1.29, 1.82) is 0 Å². The molecule has 0 saturated carbocycles. The Morgan fingerprint density at radius 2 is 1.70 bits per heavy atom. The molecule has 0 aliphatic heterocycles. The fraction of sp³-hybridized carbons (Fsp3) is 0.235. The van der Waals surface area contributed by atoms with E-state index < -0.39 is 17.7 Å². The zero-order valence-electron chi connectivity index (χ0n) is 11.1. The smallest absolute Gasteiger partial charge is 0.311 e. The van der Waals surface area contributed by atoms with Crippen molar-refractivity contribution in [2.75, 3.05) is 0 Å². The van der Waals surface area contributed by atoms with Crippen LogP contribution in [0.2, 0.25) is 0 Å². The summed E-state index contributed by atoms with van der Waals surface area (Å²) < 4.78 is 13.7. The van der Waals surface area contributed by atoms with Crippen LogP contribution in [0.1, 0.15) is 29.9 Å². The van der Waals surface area contributed by atoms with E-state index in [1.165, 1.54) is 11.6 Å². The summed E-state index contributed by atoms with van der Waals surface area (Å²) in [5.74, 6) is -2.19. The molecule has 0 heterocycles. The zero-order chi connectivity index (χ0) is 14.4. The van der Waals surface area contributed by atoms with Crippen LogP contribution in [0.4, 0.5) is 4.39 Å². The largest absolute Gasteiger partial charge is 0.481 e. The van der Waals surface area contributed by atoms with Gasteiger partial charge in [-0.3, -0.25) is 4.79 Å². The van der Waals surface area contributed by atoms with Crippen molar-refractivity contribution in [1.82, 2.24) is 0 Å². The SMILES string of the molecule is O=C(O)C(CCCc1ccccc1)c1ccccc1F. The first-order valence-electron chi connectivity index (χ1n) is 6.69. The van der Waals surface area contributed by atoms with Crippen molar-refractivity contribution >= 4 is 5.97 Å². The maximum absolute atomic E-state index is 13.7. The minimum absolute atomic E-state index is 0.271. The Bertz CT molecular complexity index is 566. The predicted octanol–water partition coefficient (Wildman–Crippen LogP) is 4.02. The van der Waals surface area contributed by atoms with E-state index in [-0.39, 0.29) is 5.56 Å². The molecule has 0 bridgehead atoms. The molecule has 0 spiro atoms. The Hall–Kier alpha value is -2.16. The van der Waals surface area contributed by atoms with Crippen LogP contribution in [-0.4, -0.2) is 11.1 Å². The quantitative estimate of drug-likeness (QED) is 0.862. The molecule has 20 heavy (non-hydrogen) atoms. The van der Waals surface area contributed by atoms with Crippen LogP contribution in [0.25, 0.3) is 0 Å². The zero-order valence-corrected chi connectivity index (χ0v) is 11.1. The normalized spacial score (nSPS) is 12.1. The van der Waals surface area contributed by atoms with Crippen molar-refractivity contribution in [3.05, 3.63) is 71.5 Å². The van der Waals surface area contributed by atoms with E-state index >= 15 is 0 Å². The van der Waals surface area contributed by atoms with E-state index in [1.807, 2.05) is 30.3 Å². The molecule has 104 valence electrons. The molecule has 0 fully saturated rings. The number of hydrogen-bond acceptors (Lipinski definition) is 1. The van der Waals surface area contributed by atoms with E-state index in [4.69, 9.17) is 0 Å². The van der Waals surface area contributed by atoms with Gasteiger partial charge in [0, 0.05) is 5.56 Å². The van der Waals surface area contributed by atoms with Gasteiger partial charge in [0.15, 0.2) is 0 Å². The summed E-state index contributed by atoms with van der Waals surface area (Å²) in [6.45, 7) is 0. The second-order valence-electron chi connectivity index (χ2n) is 4.79. The lowest BCUT2D eigenvalue weighted by atomic mass is 9.92. The number of carboxylic acids is 1. The van der Waals surface area contributed by atoms with Crippen LogP contribution in [-0.2, 0) is 11.2 Å². The van der Waals surface area contributed by atoms with Gasteiger partial charge in [-0.25, -0.2) is 4.39 Å². The number of halogens is 1. The molecule has 3 heteroatoms. The molecule has 2 aromatic carbocycles. The maximum atomic E-state index is 13.7. The maximum Gasteiger partial charge on any atom is 0.311 e. The van der Waals surface area contributed by atoms with E-state index in [9.17, 15) is 14.3 Å². The number of aryl methyl sites for hydroxylation is 1. The summed E-state index contributed by atoms with van der Waals surface area (Å²) in [5.41, 5.74) is 1.44. The highest BCUT2D eigenvalue weighted by molar-refractivity contribution is 5.76. The number of rotatable bonds is 6.